The van der Waals surface area contributed by atoms with Crippen LogP contribution in [0.3, 0.4) is 0 Å². The Hall–Kier alpha value is -1.51. The maximum absolute atomic E-state index is 11.5. The topological polar surface area (TPSA) is 46.5 Å². The van der Waals surface area contributed by atoms with Gasteiger partial charge in [0.25, 0.3) is 0 Å². The summed E-state index contributed by atoms with van der Waals surface area (Å²) in [7, 11) is 0. The molecule has 2 aliphatic rings. The van der Waals surface area contributed by atoms with Gasteiger partial charge in [0.1, 0.15) is 5.75 Å². The van der Waals surface area contributed by atoms with Crippen LogP contribution in [-0.4, -0.2) is 17.7 Å². The Kier molecular flexibility index (Phi) is 3.21. The SMILES string of the molecule is CC1CCC(C(=O)O)C(c2cccc3c2OCC3)C1. The largest absolute Gasteiger partial charge is 0.493 e. The van der Waals surface area contributed by atoms with E-state index in [4.69, 9.17) is 4.74 Å². The molecule has 1 aliphatic carbocycles. The van der Waals surface area contributed by atoms with Crippen LogP contribution >= 0.6 is 0 Å². The molecule has 1 saturated carbocycles. The van der Waals surface area contributed by atoms with Crippen LogP contribution in [0.25, 0.3) is 0 Å². The summed E-state index contributed by atoms with van der Waals surface area (Å²) in [5.41, 5.74) is 2.36. The molecule has 1 aliphatic heterocycles. The molecule has 0 radical (unpaired) electrons. The number of aliphatic carboxylic acids is 1. The minimum Gasteiger partial charge on any atom is -0.493 e. The maximum atomic E-state index is 11.5. The van der Waals surface area contributed by atoms with Crippen LogP contribution in [0.2, 0.25) is 0 Å². The van der Waals surface area contributed by atoms with E-state index in [2.05, 4.69) is 19.1 Å². The van der Waals surface area contributed by atoms with E-state index in [0.717, 1.165) is 43.6 Å². The van der Waals surface area contributed by atoms with Crippen molar-refractivity contribution in [2.75, 3.05) is 6.61 Å². The van der Waals surface area contributed by atoms with Crippen LogP contribution in [0.1, 0.15) is 43.2 Å². The lowest BCUT2D eigenvalue weighted by atomic mass is 9.71. The Morgan fingerprint density at radius 1 is 1.37 bits per heavy atom. The molecule has 1 N–H and O–H groups in total. The van der Waals surface area contributed by atoms with Crippen LogP contribution < -0.4 is 4.74 Å². The first-order valence-corrected chi connectivity index (χ1v) is 7.14. The van der Waals surface area contributed by atoms with Crippen molar-refractivity contribution in [1.82, 2.24) is 0 Å². The van der Waals surface area contributed by atoms with Crippen molar-refractivity contribution in [2.24, 2.45) is 11.8 Å². The van der Waals surface area contributed by atoms with Crippen molar-refractivity contribution in [3.63, 3.8) is 0 Å². The number of rotatable bonds is 2. The van der Waals surface area contributed by atoms with Gasteiger partial charge in [0, 0.05) is 12.3 Å². The monoisotopic (exact) mass is 260 g/mol. The highest BCUT2D eigenvalue weighted by molar-refractivity contribution is 5.72. The van der Waals surface area contributed by atoms with Gasteiger partial charge in [0.15, 0.2) is 0 Å². The molecule has 102 valence electrons. The fraction of sp³-hybridized carbons (Fsp3) is 0.562. The standard InChI is InChI=1S/C16H20O3/c1-10-5-6-13(16(17)18)14(9-10)12-4-2-3-11-7-8-19-15(11)12/h2-4,10,13-14H,5-9H2,1H3,(H,17,18). The minimum atomic E-state index is -0.660. The van der Waals surface area contributed by atoms with Gasteiger partial charge in [-0.2, -0.15) is 0 Å². The van der Waals surface area contributed by atoms with E-state index in [-0.39, 0.29) is 11.8 Å². The highest BCUT2D eigenvalue weighted by Gasteiger charge is 2.36. The summed E-state index contributed by atoms with van der Waals surface area (Å²) in [6.07, 6.45) is 3.70. The van der Waals surface area contributed by atoms with E-state index < -0.39 is 5.97 Å². The summed E-state index contributed by atoms with van der Waals surface area (Å²) in [5, 5.41) is 9.46. The highest BCUT2D eigenvalue weighted by atomic mass is 16.5. The van der Waals surface area contributed by atoms with E-state index >= 15 is 0 Å². The summed E-state index contributed by atoms with van der Waals surface area (Å²) in [6.45, 7) is 2.95. The smallest absolute Gasteiger partial charge is 0.307 e. The lowest BCUT2D eigenvalue weighted by molar-refractivity contribution is -0.143. The molecular formula is C16H20O3. The second kappa shape index (κ2) is 4.87. The van der Waals surface area contributed by atoms with Crippen molar-refractivity contribution < 1.29 is 14.6 Å². The van der Waals surface area contributed by atoms with E-state index in [1.807, 2.05) is 6.07 Å². The van der Waals surface area contributed by atoms with Crippen LogP contribution in [-0.2, 0) is 11.2 Å². The van der Waals surface area contributed by atoms with Crippen molar-refractivity contribution in [1.29, 1.82) is 0 Å². The molecule has 1 aromatic rings. The second-order valence-electron chi connectivity index (χ2n) is 5.90. The molecule has 3 nitrogen and oxygen atoms in total. The normalized spacial score (nSPS) is 29.6. The fourth-order valence-electron chi connectivity index (χ4n) is 3.55. The minimum absolute atomic E-state index is 0.106. The van der Waals surface area contributed by atoms with Gasteiger partial charge in [0.2, 0.25) is 0 Å². The number of carbonyl (C=O) groups is 1. The molecule has 1 aromatic carbocycles. The summed E-state index contributed by atoms with van der Waals surface area (Å²) < 4.78 is 5.75. The van der Waals surface area contributed by atoms with Crippen LogP contribution in [0.15, 0.2) is 18.2 Å². The Morgan fingerprint density at radius 2 is 2.21 bits per heavy atom. The van der Waals surface area contributed by atoms with Crippen LogP contribution in [0.5, 0.6) is 5.75 Å². The number of carboxylic acids is 1. The van der Waals surface area contributed by atoms with Gasteiger partial charge < -0.3 is 9.84 Å². The lowest BCUT2D eigenvalue weighted by Gasteiger charge is -2.33. The van der Waals surface area contributed by atoms with Gasteiger partial charge in [-0.15, -0.1) is 0 Å². The van der Waals surface area contributed by atoms with Crippen molar-refractivity contribution >= 4 is 5.97 Å². The van der Waals surface area contributed by atoms with E-state index in [0.29, 0.717) is 5.92 Å². The zero-order chi connectivity index (χ0) is 13.4. The number of hydrogen-bond acceptors (Lipinski definition) is 2. The van der Waals surface area contributed by atoms with Gasteiger partial charge in [0.05, 0.1) is 12.5 Å². The predicted octanol–water partition coefficient (Wildman–Crippen LogP) is 3.23. The molecule has 3 heteroatoms. The molecular weight excluding hydrogens is 240 g/mol. The van der Waals surface area contributed by atoms with Crippen molar-refractivity contribution in [3.05, 3.63) is 29.3 Å². The Morgan fingerprint density at radius 3 is 3.00 bits per heavy atom. The first kappa shape index (κ1) is 12.5. The van der Waals surface area contributed by atoms with Gasteiger partial charge in [-0.1, -0.05) is 25.1 Å². The molecule has 0 bridgehead atoms. The Labute approximate surface area is 113 Å². The average Bonchev–Trinajstić information content (AvgIpc) is 2.86. The molecule has 0 amide bonds. The van der Waals surface area contributed by atoms with Gasteiger partial charge in [-0.25, -0.2) is 0 Å². The van der Waals surface area contributed by atoms with Gasteiger partial charge >= 0.3 is 5.97 Å². The third-order valence-electron chi connectivity index (χ3n) is 4.57. The first-order chi connectivity index (χ1) is 9.16. The van der Waals surface area contributed by atoms with E-state index in [1.54, 1.807) is 0 Å². The zero-order valence-corrected chi connectivity index (χ0v) is 11.3. The van der Waals surface area contributed by atoms with Crippen LogP contribution in [0.4, 0.5) is 0 Å². The average molecular weight is 260 g/mol. The van der Waals surface area contributed by atoms with Gasteiger partial charge in [-0.05, 0) is 36.3 Å². The molecule has 3 unspecified atom stereocenters. The Bertz CT molecular complexity index is 495. The molecule has 19 heavy (non-hydrogen) atoms. The molecule has 3 rings (SSSR count). The molecule has 0 saturated heterocycles. The third-order valence-corrected chi connectivity index (χ3v) is 4.57. The second-order valence-corrected chi connectivity index (χ2v) is 5.90. The predicted molar refractivity (Wildman–Crippen MR) is 72.5 cm³/mol. The fourth-order valence-corrected chi connectivity index (χ4v) is 3.55. The van der Waals surface area contributed by atoms with Crippen LogP contribution in [0, 0.1) is 11.8 Å². The number of para-hydroxylation sites is 1. The summed E-state index contributed by atoms with van der Waals surface area (Å²) in [6, 6.07) is 6.19. The molecule has 0 aromatic heterocycles. The number of ether oxygens (including phenoxy) is 1. The van der Waals surface area contributed by atoms with Gasteiger partial charge in [-0.3, -0.25) is 4.79 Å². The quantitative estimate of drug-likeness (QED) is 0.888. The van der Waals surface area contributed by atoms with Crippen molar-refractivity contribution in [2.45, 2.75) is 38.5 Å². The number of carboxylic acid groups (broad SMARTS) is 1. The lowest BCUT2D eigenvalue weighted by Crippen LogP contribution is -2.28. The first-order valence-electron chi connectivity index (χ1n) is 7.14. The highest BCUT2D eigenvalue weighted by Crippen LogP contribution is 2.45. The number of fused-ring (bicyclic) bond motifs is 1. The molecule has 1 heterocycles. The number of hydrogen-bond donors (Lipinski definition) is 1. The molecule has 0 spiro atoms. The molecule has 1 fully saturated rings. The summed E-state index contributed by atoms with van der Waals surface area (Å²) >= 11 is 0. The van der Waals surface area contributed by atoms with Crippen molar-refractivity contribution in [3.8, 4) is 5.75 Å². The number of benzene rings is 1. The summed E-state index contributed by atoms with van der Waals surface area (Å²) in [5.74, 6) is 0.749. The third kappa shape index (κ3) is 2.22. The maximum Gasteiger partial charge on any atom is 0.307 e. The van der Waals surface area contributed by atoms with E-state index in [9.17, 15) is 9.90 Å². The van der Waals surface area contributed by atoms with E-state index in [1.165, 1.54) is 5.56 Å². The Balaban J connectivity index is 1.98. The molecule has 3 atom stereocenters. The zero-order valence-electron chi connectivity index (χ0n) is 11.3. The summed E-state index contributed by atoms with van der Waals surface area (Å²) in [4.78, 5) is 11.5.